The number of aryl methyl sites for hydroxylation is 1. The highest BCUT2D eigenvalue weighted by Crippen LogP contribution is 2.36. The number of nitrogens with zero attached hydrogens (tertiary/aromatic N) is 1. The second-order valence-electron chi connectivity index (χ2n) is 6.19. The van der Waals surface area contributed by atoms with Gasteiger partial charge in [-0.1, -0.05) is 29.8 Å². The number of amides is 2. The fourth-order valence-electron chi connectivity index (χ4n) is 3.12. The minimum Gasteiger partial charge on any atom is -0.493 e. The van der Waals surface area contributed by atoms with Gasteiger partial charge in [0, 0.05) is 18.2 Å². The summed E-state index contributed by atoms with van der Waals surface area (Å²) in [5, 5.41) is 2.74. The summed E-state index contributed by atoms with van der Waals surface area (Å²) in [5.41, 5.74) is 2.67. The van der Waals surface area contributed by atoms with Crippen LogP contribution in [0, 0.1) is 6.92 Å². The van der Waals surface area contributed by atoms with E-state index in [1.807, 2.05) is 49.4 Å². The number of para-hydroxylation sites is 2. The molecule has 2 aromatic carbocycles. The van der Waals surface area contributed by atoms with Gasteiger partial charge in [-0.2, -0.15) is 0 Å². The Balaban J connectivity index is 1.76. The van der Waals surface area contributed by atoms with Crippen molar-refractivity contribution in [3.63, 3.8) is 0 Å². The first-order chi connectivity index (χ1) is 12.5. The zero-order valence-electron chi connectivity index (χ0n) is 15.1. The van der Waals surface area contributed by atoms with Gasteiger partial charge in [-0.15, -0.1) is 0 Å². The van der Waals surface area contributed by atoms with E-state index in [0.29, 0.717) is 24.7 Å². The van der Waals surface area contributed by atoms with Crippen molar-refractivity contribution >= 4 is 17.5 Å². The van der Waals surface area contributed by atoms with Crippen LogP contribution in [0.3, 0.4) is 0 Å². The number of rotatable bonds is 6. The van der Waals surface area contributed by atoms with Crippen LogP contribution in [0.2, 0.25) is 0 Å². The van der Waals surface area contributed by atoms with Gasteiger partial charge in [0.05, 0.1) is 13.7 Å². The van der Waals surface area contributed by atoms with Gasteiger partial charge in [0.1, 0.15) is 12.6 Å². The van der Waals surface area contributed by atoms with Crippen molar-refractivity contribution in [3.8, 4) is 11.5 Å². The van der Waals surface area contributed by atoms with Crippen LogP contribution < -0.4 is 19.7 Å². The molecule has 1 N–H and O–H groups in total. The second kappa shape index (κ2) is 7.47. The van der Waals surface area contributed by atoms with Gasteiger partial charge in [0.2, 0.25) is 5.91 Å². The van der Waals surface area contributed by atoms with Crippen molar-refractivity contribution in [1.29, 1.82) is 0 Å². The Labute approximate surface area is 152 Å². The van der Waals surface area contributed by atoms with Gasteiger partial charge in [-0.3, -0.25) is 9.59 Å². The van der Waals surface area contributed by atoms with E-state index in [2.05, 4.69) is 5.32 Å². The van der Waals surface area contributed by atoms with Crippen LogP contribution in [0.25, 0.3) is 0 Å². The summed E-state index contributed by atoms with van der Waals surface area (Å²) >= 11 is 0. The Morgan fingerprint density at radius 3 is 2.62 bits per heavy atom. The minimum atomic E-state index is -0.645. The topological polar surface area (TPSA) is 67.9 Å². The third kappa shape index (κ3) is 3.49. The van der Waals surface area contributed by atoms with Gasteiger partial charge < -0.3 is 19.7 Å². The van der Waals surface area contributed by atoms with E-state index >= 15 is 0 Å². The SMILES string of the molecule is COc1ccccc1OCCN1C(=O)[C@@H](NC(C)=O)c2cc(C)ccc21. The first kappa shape index (κ1) is 17.8. The molecule has 6 nitrogen and oxygen atoms in total. The van der Waals surface area contributed by atoms with Gasteiger partial charge in [0.15, 0.2) is 11.5 Å². The number of carbonyl (C=O) groups excluding carboxylic acids is 2. The van der Waals surface area contributed by atoms with E-state index in [-0.39, 0.29) is 11.8 Å². The normalized spacial score (nSPS) is 15.6. The smallest absolute Gasteiger partial charge is 0.254 e. The van der Waals surface area contributed by atoms with Crippen LogP contribution in [-0.4, -0.2) is 32.1 Å². The number of nitrogens with one attached hydrogen (secondary N) is 1. The Morgan fingerprint density at radius 2 is 1.92 bits per heavy atom. The number of hydrogen-bond donors (Lipinski definition) is 1. The summed E-state index contributed by atoms with van der Waals surface area (Å²) in [7, 11) is 1.59. The van der Waals surface area contributed by atoms with Crippen LogP contribution in [0.15, 0.2) is 42.5 Å². The van der Waals surface area contributed by atoms with Crippen molar-refractivity contribution in [2.24, 2.45) is 0 Å². The number of hydrogen-bond acceptors (Lipinski definition) is 4. The van der Waals surface area contributed by atoms with E-state index in [0.717, 1.165) is 16.8 Å². The van der Waals surface area contributed by atoms with E-state index in [4.69, 9.17) is 9.47 Å². The lowest BCUT2D eigenvalue weighted by molar-refractivity contribution is -0.126. The van der Waals surface area contributed by atoms with Crippen molar-refractivity contribution in [3.05, 3.63) is 53.6 Å². The van der Waals surface area contributed by atoms with Crippen LogP contribution in [0.1, 0.15) is 24.1 Å². The average molecular weight is 354 g/mol. The molecule has 136 valence electrons. The van der Waals surface area contributed by atoms with Gasteiger partial charge in [-0.25, -0.2) is 0 Å². The zero-order valence-corrected chi connectivity index (χ0v) is 15.1. The van der Waals surface area contributed by atoms with Crippen LogP contribution in [0.4, 0.5) is 5.69 Å². The lowest BCUT2D eigenvalue weighted by Crippen LogP contribution is -2.38. The highest BCUT2D eigenvalue weighted by Gasteiger charge is 2.37. The molecule has 1 atom stereocenters. The van der Waals surface area contributed by atoms with Crippen LogP contribution in [0.5, 0.6) is 11.5 Å². The first-order valence-corrected chi connectivity index (χ1v) is 8.46. The van der Waals surface area contributed by atoms with E-state index in [1.54, 1.807) is 12.0 Å². The predicted octanol–water partition coefficient (Wildman–Crippen LogP) is 2.61. The molecule has 26 heavy (non-hydrogen) atoms. The Bertz CT molecular complexity index is 834. The maximum Gasteiger partial charge on any atom is 0.254 e. The molecule has 3 rings (SSSR count). The van der Waals surface area contributed by atoms with Gasteiger partial charge in [-0.05, 0) is 25.1 Å². The number of carbonyl (C=O) groups is 2. The number of ether oxygens (including phenoxy) is 2. The number of methoxy groups -OCH3 is 1. The predicted molar refractivity (Wildman–Crippen MR) is 98.6 cm³/mol. The highest BCUT2D eigenvalue weighted by atomic mass is 16.5. The molecule has 0 saturated carbocycles. The van der Waals surface area contributed by atoms with Crippen molar-refractivity contribution < 1.29 is 19.1 Å². The molecule has 1 aliphatic heterocycles. The van der Waals surface area contributed by atoms with E-state index in [9.17, 15) is 9.59 Å². The summed E-state index contributed by atoms with van der Waals surface area (Å²) in [4.78, 5) is 26.0. The molecular formula is C20H22N2O4. The average Bonchev–Trinajstić information content (AvgIpc) is 2.87. The molecule has 0 spiro atoms. The summed E-state index contributed by atoms with van der Waals surface area (Å²) < 4.78 is 11.1. The van der Waals surface area contributed by atoms with Crippen molar-refractivity contribution in [1.82, 2.24) is 5.32 Å². The summed E-state index contributed by atoms with van der Waals surface area (Å²) in [6.45, 7) is 4.06. The molecule has 0 fully saturated rings. The van der Waals surface area contributed by atoms with Gasteiger partial charge >= 0.3 is 0 Å². The number of fused-ring (bicyclic) bond motifs is 1. The molecule has 6 heteroatoms. The zero-order chi connectivity index (χ0) is 18.7. The van der Waals surface area contributed by atoms with Gasteiger partial charge in [0.25, 0.3) is 5.91 Å². The molecule has 0 saturated heterocycles. The number of anilines is 1. The van der Waals surface area contributed by atoms with E-state index in [1.165, 1.54) is 6.92 Å². The van der Waals surface area contributed by atoms with Crippen LogP contribution >= 0.6 is 0 Å². The lowest BCUT2D eigenvalue weighted by Gasteiger charge is -2.19. The molecule has 0 unspecified atom stereocenters. The minimum absolute atomic E-state index is 0.149. The molecule has 0 aliphatic carbocycles. The third-order valence-electron chi connectivity index (χ3n) is 4.29. The molecule has 0 aromatic heterocycles. The maximum absolute atomic E-state index is 12.8. The first-order valence-electron chi connectivity index (χ1n) is 8.46. The second-order valence-corrected chi connectivity index (χ2v) is 6.19. The summed E-state index contributed by atoms with van der Waals surface area (Å²) in [5.74, 6) is 0.893. The number of benzene rings is 2. The highest BCUT2D eigenvalue weighted by molar-refractivity contribution is 6.06. The molecule has 0 bridgehead atoms. The molecule has 2 amide bonds. The molecule has 1 aliphatic rings. The van der Waals surface area contributed by atoms with E-state index < -0.39 is 6.04 Å². The molecule has 2 aromatic rings. The fourth-order valence-corrected chi connectivity index (χ4v) is 3.12. The van der Waals surface area contributed by atoms with Crippen molar-refractivity contribution in [2.45, 2.75) is 19.9 Å². The largest absolute Gasteiger partial charge is 0.493 e. The molecule has 0 radical (unpaired) electrons. The quantitative estimate of drug-likeness (QED) is 0.866. The standard InChI is InChI=1S/C20H22N2O4/c1-13-8-9-16-15(12-13)19(21-14(2)23)20(24)22(16)10-11-26-18-7-5-4-6-17(18)25-3/h4-9,12,19H,10-11H2,1-3H3,(H,21,23)/t19-/m0/s1. The fraction of sp³-hybridized carbons (Fsp3) is 0.300. The monoisotopic (exact) mass is 354 g/mol. The Morgan fingerprint density at radius 1 is 1.19 bits per heavy atom. The molecule has 1 heterocycles. The summed E-state index contributed by atoms with van der Waals surface area (Å²) in [6.07, 6.45) is 0. The Hall–Kier alpha value is -3.02. The molecular weight excluding hydrogens is 332 g/mol. The van der Waals surface area contributed by atoms with Crippen molar-refractivity contribution in [2.75, 3.05) is 25.2 Å². The van der Waals surface area contributed by atoms with Crippen LogP contribution in [-0.2, 0) is 9.59 Å². The lowest BCUT2D eigenvalue weighted by atomic mass is 10.1. The summed E-state index contributed by atoms with van der Waals surface area (Å²) in [6, 6.07) is 12.5. The third-order valence-corrected chi connectivity index (χ3v) is 4.29. The Kier molecular flexibility index (Phi) is 5.11. The maximum atomic E-state index is 12.8.